The fraction of sp³-hybridized carbons (Fsp3) is 0.0909. The fourth-order valence-electron chi connectivity index (χ4n) is 3.06. The third-order valence-electron chi connectivity index (χ3n) is 4.54. The molecule has 2 aromatic heterocycles. The maximum Gasteiger partial charge on any atom is 0.346 e. The summed E-state index contributed by atoms with van der Waals surface area (Å²) in [5.74, 6) is -0.191. The number of hydrogen-bond donors (Lipinski definition) is 2. The largest absolute Gasteiger partial charge is 0.477 e. The monoisotopic (exact) mass is 435 g/mol. The highest BCUT2D eigenvalue weighted by molar-refractivity contribution is 7.20. The molecule has 0 saturated heterocycles. The van der Waals surface area contributed by atoms with E-state index >= 15 is 0 Å². The average Bonchev–Trinajstić information content (AvgIpc) is 3.10. The Balaban J connectivity index is 1.47. The predicted molar refractivity (Wildman–Crippen MR) is 117 cm³/mol. The molecule has 0 atom stereocenters. The van der Waals surface area contributed by atoms with Gasteiger partial charge in [-0.1, -0.05) is 18.2 Å². The molecule has 0 aliphatic carbocycles. The third-order valence-corrected chi connectivity index (χ3v) is 5.73. The van der Waals surface area contributed by atoms with Crippen molar-refractivity contribution in [3.63, 3.8) is 0 Å². The van der Waals surface area contributed by atoms with Crippen molar-refractivity contribution in [2.45, 2.75) is 13.5 Å². The number of aromatic carboxylic acids is 1. The van der Waals surface area contributed by atoms with Gasteiger partial charge in [-0.05, 0) is 48.9 Å². The van der Waals surface area contributed by atoms with Gasteiger partial charge in [0.05, 0.1) is 11.7 Å². The van der Waals surface area contributed by atoms with E-state index in [1.165, 1.54) is 6.33 Å². The Labute approximate surface area is 180 Å². The highest BCUT2D eigenvalue weighted by Crippen LogP contribution is 2.26. The second-order valence-corrected chi connectivity index (χ2v) is 7.71. The van der Waals surface area contributed by atoms with Crippen LogP contribution < -0.4 is 15.6 Å². The molecule has 0 aliphatic rings. The SMILES string of the molecule is Cc1c(C(=O)O)sc2ncn(CC(=O)Nc3ccc(Oc4ccccc4)cc3)c(=O)c12. The zero-order valence-corrected chi connectivity index (χ0v) is 17.2. The van der Waals surface area contributed by atoms with E-state index < -0.39 is 17.4 Å². The lowest BCUT2D eigenvalue weighted by atomic mass is 10.2. The summed E-state index contributed by atoms with van der Waals surface area (Å²) >= 11 is 0.942. The predicted octanol–water partition coefficient (Wildman–Crippen LogP) is 3.90. The van der Waals surface area contributed by atoms with Crippen LogP contribution in [0.15, 0.2) is 65.7 Å². The second-order valence-electron chi connectivity index (χ2n) is 6.71. The standard InChI is InChI=1S/C22H17N3O5S/c1-13-18-20(31-19(13)22(28)29)23-12-25(21(18)27)11-17(26)24-14-7-9-16(10-8-14)30-15-5-3-2-4-6-15/h2-10,12H,11H2,1H3,(H,24,26)(H,28,29). The van der Waals surface area contributed by atoms with Gasteiger partial charge in [-0.3, -0.25) is 14.2 Å². The Morgan fingerprint density at radius 2 is 1.77 bits per heavy atom. The summed E-state index contributed by atoms with van der Waals surface area (Å²) in [6.45, 7) is 1.32. The summed E-state index contributed by atoms with van der Waals surface area (Å²) in [5.41, 5.74) is 0.453. The van der Waals surface area contributed by atoms with E-state index in [0.717, 1.165) is 15.9 Å². The van der Waals surface area contributed by atoms with Crippen molar-refractivity contribution < 1.29 is 19.4 Å². The number of aromatic nitrogens is 2. The molecule has 2 heterocycles. The van der Waals surface area contributed by atoms with Crippen LogP contribution in [0.3, 0.4) is 0 Å². The Bertz CT molecular complexity index is 1330. The summed E-state index contributed by atoms with van der Waals surface area (Å²) in [5, 5.41) is 12.2. The number of anilines is 1. The Kier molecular flexibility index (Phi) is 5.50. The zero-order chi connectivity index (χ0) is 22.0. The van der Waals surface area contributed by atoms with Crippen molar-refractivity contribution >= 4 is 39.1 Å². The van der Waals surface area contributed by atoms with Gasteiger partial charge in [0.1, 0.15) is 27.8 Å². The smallest absolute Gasteiger partial charge is 0.346 e. The summed E-state index contributed by atoms with van der Waals surface area (Å²) < 4.78 is 6.88. The number of nitrogens with zero attached hydrogens (tertiary/aromatic N) is 2. The number of amides is 1. The number of carbonyl (C=O) groups is 2. The van der Waals surface area contributed by atoms with Crippen LogP contribution in [0, 0.1) is 6.92 Å². The van der Waals surface area contributed by atoms with Gasteiger partial charge in [-0.25, -0.2) is 9.78 Å². The molecule has 156 valence electrons. The van der Waals surface area contributed by atoms with E-state index in [4.69, 9.17) is 4.74 Å². The van der Waals surface area contributed by atoms with E-state index in [9.17, 15) is 19.5 Å². The maximum absolute atomic E-state index is 12.7. The van der Waals surface area contributed by atoms with Crippen LogP contribution in [0.1, 0.15) is 15.2 Å². The molecule has 2 N–H and O–H groups in total. The molecule has 31 heavy (non-hydrogen) atoms. The number of benzene rings is 2. The highest BCUT2D eigenvalue weighted by atomic mass is 32.1. The van der Waals surface area contributed by atoms with E-state index in [1.807, 2.05) is 30.3 Å². The number of carbonyl (C=O) groups excluding carboxylic acids is 1. The fourth-order valence-corrected chi connectivity index (χ4v) is 4.04. The van der Waals surface area contributed by atoms with Gasteiger partial charge < -0.3 is 15.2 Å². The van der Waals surface area contributed by atoms with E-state index in [1.54, 1.807) is 31.2 Å². The molecule has 0 fully saturated rings. The third kappa shape index (κ3) is 4.31. The molecular formula is C22H17N3O5S. The van der Waals surface area contributed by atoms with Crippen molar-refractivity contribution in [3.05, 3.63) is 81.7 Å². The molecule has 8 nitrogen and oxygen atoms in total. The first kappa shape index (κ1) is 20.3. The molecule has 0 spiro atoms. The molecule has 0 aliphatic heterocycles. The summed E-state index contributed by atoms with van der Waals surface area (Å²) in [7, 11) is 0. The summed E-state index contributed by atoms with van der Waals surface area (Å²) in [6.07, 6.45) is 1.25. The van der Waals surface area contributed by atoms with Gasteiger partial charge in [0.25, 0.3) is 5.56 Å². The van der Waals surface area contributed by atoms with Crippen molar-refractivity contribution in [1.29, 1.82) is 0 Å². The van der Waals surface area contributed by atoms with Crippen LogP contribution in [0.4, 0.5) is 5.69 Å². The average molecular weight is 435 g/mol. The first-order valence-electron chi connectivity index (χ1n) is 9.27. The number of aryl methyl sites for hydroxylation is 1. The Hall–Kier alpha value is -3.98. The molecule has 2 aromatic carbocycles. The topological polar surface area (TPSA) is 111 Å². The van der Waals surface area contributed by atoms with Gasteiger partial charge >= 0.3 is 5.97 Å². The molecule has 4 rings (SSSR count). The van der Waals surface area contributed by atoms with E-state index in [-0.39, 0.29) is 16.8 Å². The Morgan fingerprint density at radius 1 is 1.10 bits per heavy atom. The summed E-state index contributed by atoms with van der Waals surface area (Å²) in [6, 6.07) is 16.2. The molecule has 0 bridgehead atoms. The van der Waals surface area contributed by atoms with Crippen LogP contribution in [-0.4, -0.2) is 26.5 Å². The molecule has 0 unspecified atom stereocenters. The number of ether oxygens (including phenoxy) is 1. The van der Waals surface area contributed by atoms with Crippen LogP contribution in [-0.2, 0) is 11.3 Å². The highest BCUT2D eigenvalue weighted by Gasteiger charge is 2.19. The van der Waals surface area contributed by atoms with Gasteiger partial charge in [0.2, 0.25) is 5.91 Å². The normalized spacial score (nSPS) is 10.7. The van der Waals surface area contributed by atoms with Crippen LogP contribution in [0.2, 0.25) is 0 Å². The number of thiophene rings is 1. The lowest BCUT2D eigenvalue weighted by molar-refractivity contribution is -0.116. The lowest BCUT2D eigenvalue weighted by Gasteiger charge is -2.09. The molecule has 0 radical (unpaired) electrons. The molecule has 9 heteroatoms. The van der Waals surface area contributed by atoms with E-state index in [0.29, 0.717) is 27.6 Å². The number of nitrogens with one attached hydrogen (secondary N) is 1. The molecule has 1 amide bonds. The first-order valence-corrected chi connectivity index (χ1v) is 10.1. The van der Waals surface area contributed by atoms with Crippen LogP contribution in [0.5, 0.6) is 11.5 Å². The number of para-hydroxylation sites is 1. The van der Waals surface area contributed by atoms with Gasteiger partial charge in [-0.2, -0.15) is 0 Å². The quantitative estimate of drug-likeness (QED) is 0.475. The number of carboxylic acid groups (broad SMARTS) is 1. The molecule has 0 saturated carbocycles. The number of carboxylic acids is 1. The van der Waals surface area contributed by atoms with E-state index in [2.05, 4.69) is 10.3 Å². The molecule has 4 aromatic rings. The maximum atomic E-state index is 12.7. The van der Waals surface area contributed by atoms with Crippen molar-refractivity contribution in [2.24, 2.45) is 0 Å². The van der Waals surface area contributed by atoms with Crippen molar-refractivity contribution in [3.8, 4) is 11.5 Å². The minimum atomic E-state index is -1.11. The van der Waals surface area contributed by atoms with Crippen LogP contribution in [0.25, 0.3) is 10.2 Å². The van der Waals surface area contributed by atoms with Crippen LogP contribution >= 0.6 is 11.3 Å². The molecular weight excluding hydrogens is 418 g/mol. The summed E-state index contributed by atoms with van der Waals surface area (Å²) in [4.78, 5) is 41.0. The first-order chi connectivity index (χ1) is 14.9. The number of rotatable bonds is 6. The van der Waals surface area contributed by atoms with Crippen molar-refractivity contribution in [1.82, 2.24) is 9.55 Å². The lowest BCUT2D eigenvalue weighted by Crippen LogP contribution is -2.27. The van der Waals surface area contributed by atoms with Crippen molar-refractivity contribution in [2.75, 3.05) is 5.32 Å². The number of fused-ring (bicyclic) bond motifs is 1. The number of hydrogen-bond acceptors (Lipinski definition) is 6. The van der Waals surface area contributed by atoms with Gasteiger partial charge in [0, 0.05) is 5.69 Å². The second kappa shape index (κ2) is 8.41. The zero-order valence-electron chi connectivity index (χ0n) is 16.4. The minimum Gasteiger partial charge on any atom is -0.477 e. The Morgan fingerprint density at radius 3 is 2.45 bits per heavy atom. The van der Waals surface area contributed by atoms with Gasteiger partial charge in [-0.15, -0.1) is 11.3 Å². The van der Waals surface area contributed by atoms with Gasteiger partial charge in [0.15, 0.2) is 0 Å². The minimum absolute atomic E-state index is 0.0691.